The van der Waals surface area contributed by atoms with Crippen LogP contribution in [-0.2, 0) is 17.9 Å². The first kappa shape index (κ1) is 15.7. The molecule has 0 N–H and O–H groups in total. The zero-order valence-electron chi connectivity index (χ0n) is 13.3. The molecule has 0 bridgehead atoms. The highest BCUT2D eigenvalue weighted by molar-refractivity contribution is 5.76. The van der Waals surface area contributed by atoms with Gasteiger partial charge in [-0.25, -0.2) is 4.39 Å². The summed E-state index contributed by atoms with van der Waals surface area (Å²) in [6.45, 7) is 5.97. The van der Waals surface area contributed by atoms with E-state index in [2.05, 4.69) is 10.00 Å². The van der Waals surface area contributed by atoms with Gasteiger partial charge in [0.1, 0.15) is 12.4 Å². The minimum absolute atomic E-state index is 0.0993. The normalized spacial score (nSPS) is 15.8. The number of aryl methyl sites for hydroxylation is 1. The molecular formula is C17H21FN4O. The number of hydrogen-bond donors (Lipinski definition) is 0. The molecule has 1 amide bonds. The van der Waals surface area contributed by atoms with Gasteiger partial charge in [0.15, 0.2) is 0 Å². The highest BCUT2D eigenvalue weighted by Crippen LogP contribution is 2.10. The van der Waals surface area contributed by atoms with Gasteiger partial charge in [0, 0.05) is 44.6 Å². The van der Waals surface area contributed by atoms with Crippen molar-refractivity contribution < 1.29 is 9.18 Å². The van der Waals surface area contributed by atoms with Crippen LogP contribution in [0.1, 0.15) is 11.3 Å². The van der Waals surface area contributed by atoms with Crippen LogP contribution in [0.2, 0.25) is 0 Å². The molecule has 1 aliphatic heterocycles. The van der Waals surface area contributed by atoms with E-state index in [1.807, 2.05) is 24.0 Å². The van der Waals surface area contributed by atoms with Crippen LogP contribution in [0.4, 0.5) is 4.39 Å². The second-order valence-electron chi connectivity index (χ2n) is 5.92. The standard InChI is InChI=1S/C17H21FN4O/c1-14-5-6-19-22(14)13-17(23)21-9-7-20(8-10-21)12-15-3-2-4-16(18)11-15/h2-6,11H,7-10,12-13H2,1H3. The summed E-state index contributed by atoms with van der Waals surface area (Å²) in [5.41, 5.74) is 1.96. The Hall–Kier alpha value is -2.21. The van der Waals surface area contributed by atoms with E-state index < -0.39 is 0 Å². The number of nitrogens with zero attached hydrogens (tertiary/aromatic N) is 4. The smallest absolute Gasteiger partial charge is 0.244 e. The van der Waals surface area contributed by atoms with Crippen LogP contribution in [0, 0.1) is 12.7 Å². The van der Waals surface area contributed by atoms with E-state index in [-0.39, 0.29) is 11.7 Å². The van der Waals surface area contributed by atoms with E-state index in [1.165, 1.54) is 6.07 Å². The third kappa shape index (κ3) is 3.96. The quantitative estimate of drug-likeness (QED) is 0.862. The Kier molecular flexibility index (Phi) is 4.71. The van der Waals surface area contributed by atoms with Gasteiger partial charge in [-0.2, -0.15) is 5.10 Å². The van der Waals surface area contributed by atoms with Crippen LogP contribution in [-0.4, -0.2) is 51.7 Å². The molecule has 1 fully saturated rings. The highest BCUT2D eigenvalue weighted by Gasteiger charge is 2.21. The van der Waals surface area contributed by atoms with Gasteiger partial charge in [0.25, 0.3) is 0 Å². The topological polar surface area (TPSA) is 41.4 Å². The summed E-state index contributed by atoms with van der Waals surface area (Å²) < 4.78 is 14.9. The largest absolute Gasteiger partial charge is 0.339 e. The third-order valence-corrected chi connectivity index (χ3v) is 4.23. The van der Waals surface area contributed by atoms with Crippen molar-refractivity contribution in [2.75, 3.05) is 26.2 Å². The fourth-order valence-corrected chi connectivity index (χ4v) is 2.84. The molecule has 6 heteroatoms. The van der Waals surface area contributed by atoms with Crippen molar-refractivity contribution in [2.45, 2.75) is 20.0 Å². The number of piperazine rings is 1. The Morgan fingerprint density at radius 1 is 1.22 bits per heavy atom. The van der Waals surface area contributed by atoms with Crippen LogP contribution < -0.4 is 0 Å². The van der Waals surface area contributed by atoms with E-state index in [0.717, 1.165) is 30.9 Å². The molecule has 0 saturated carbocycles. The second kappa shape index (κ2) is 6.91. The number of carbonyl (C=O) groups is 1. The highest BCUT2D eigenvalue weighted by atomic mass is 19.1. The predicted octanol–water partition coefficient (Wildman–Crippen LogP) is 1.68. The zero-order valence-corrected chi connectivity index (χ0v) is 13.3. The molecule has 2 aromatic rings. The molecule has 1 saturated heterocycles. The molecule has 1 aromatic carbocycles. The van der Waals surface area contributed by atoms with Crippen molar-refractivity contribution in [1.82, 2.24) is 19.6 Å². The lowest BCUT2D eigenvalue weighted by atomic mass is 10.2. The Labute approximate surface area is 135 Å². The molecule has 1 aliphatic rings. The van der Waals surface area contributed by atoms with E-state index in [1.54, 1.807) is 23.0 Å². The molecule has 0 radical (unpaired) electrons. The number of hydrogen-bond acceptors (Lipinski definition) is 3. The van der Waals surface area contributed by atoms with Crippen molar-refractivity contribution in [1.29, 1.82) is 0 Å². The summed E-state index contributed by atoms with van der Waals surface area (Å²) in [5.74, 6) is -0.104. The van der Waals surface area contributed by atoms with Crippen molar-refractivity contribution in [3.63, 3.8) is 0 Å². The van der Waals surface area contributed by atoms with E-state index in [0.29, 0.717) is 19.6 Å². The molecule has 0 aliphatic carbocycles. The summed E-state index contributed by atoms with van der Waals surface area (Å²) >= 11 is 0. The fraction of sp³-hybridized carbons (Fsp3) is 0.412. The SMILES string of the molecule is Cc1ccnn1CC(=O)N1CCN(Cc2cccc(F)c2)CC1. The van der Waals surface area contributed by atoms with Crippen LogP contribution in [0.25, 0.3) is 0 Å². The maximum absolute atomic E-state index is 13.2. The third-order valence-electron chi connectivity index (χ3n) is 4.23. The zero-order chi connectivity index (χ0) is 16.2. The lowest BCUT2D eigenvalue weighted by Gasteiger charge is -2.34. The van der Waals surface area contributed by atoms with Crippen LogP contribution in [0.3, 0.4) is 0 Å². The number of halogens is 1. The van der Waals surface area contributed by atoms with Gasteiger partial charge >= 0.3 is 0 Å². The second-order valence-corrected chi connectivity index (χ2v) is 5.92. The Bertz CT molecular complexity index is 677. The molecule has 1 aromatic heterocycles. The summed E-state index contributed by atoms with van der Waals surface area (Å²) in [6, 6.07) is 8.58. The van der Waals surface area contributed by atoms with Gasteiger partial charge < -0.3 is 4.90 Å². The van der Waals surface area contributed by atoms with Crippen molar-refractivity contribution in [3.05, 3.63) is 53.6 Å². The molecule has 0 atom stereocenters. The summed E-state index contributed by atoms with van der Waals surface area (Å²) in [4.78, 5) is 16.5. The Morgan fingerprint density at radius 3 is 2.65 bits per heavy atom. The number of benzene rings is 1. The van der Waals surface area contributed by atoms with Gasteiger partial charge in [0.05, 0.1) is 0 Å². The van der Waals surface area contributed by atoms with Crippen molar-refractivity contribution in [2.24, 2.45) is 0 Å². The minimum atomic E-state index is -0.203. The monoisotopic (exact) mass is 316 g/mol. The molecule has 2 heterocycles. The first-order valence-electron chi connectivity index (χ1n) is 7.85. The number of carbonyl (C=O) groups excluding carboxylic acids is 1. The summed E-state index contributed by atoms with van der Waals surface area (Å²) in [6.07, 6.45) is 1.71. The molecule has 23 heavy (non-hydrogen) atoms. The summed E-state index contributed by atoms with van der Waals surface area (Å²) in [5, 5.41) is 4.15. The van der Waals surface area contributed by atoms with Gasteiger partial charge in [-0.05, 0) is 30.7 Å². The van der Waals surface area contributed by atoms with Crippen molar-refractivity contribution >= 4 is 5.91 Å². The van der Waals surface area contributed by atoms with Gasteiger partial charge in [-0.15, -0.1) is 0 Å². The minimum Gasteiger partial charge on any atom is -0.339 e. The predicted molar refractivity (Wildman–Crippen MR) is 85.2 cm³/mol. The average Bonchev–Trinajstić information content (AvgIpc) is 2.93. The Morgan fingerprint density at radius 2 is 2.00 bits per heavy atom. The van der Waals surface area contributed by atoms with E-state index >= 15 is 0 Å². The first-order chi connectivity index (χ1) is 11.1. The Balaban J connectivity index is 1.50. The van der Waals surface area contributed by atoms with Gasteiger partial charge in [-0.1, -0.05) is 12.1 Å². The maximum Gasteiger partial charge on any atom is 0.244 e. The van der Waals surface area contributed by atoms with E-state index in [4.69, 9.17) is 0 Å². The first-order valence-corrected chi connectivity index (χ1v) is 7.85. The van der Waals surface area contributed by atoms with Crippen LogP contribution >= 0.6 is 0 Å². The molecule has 122 valence electrons. The molecule has 0 unspecified atom stereocenters. The summed E-state index contributed by atoms with van der Waals surface area (Å²) in [7, 11) is 0. The van der Waals surface area contributed by atoms with Gasteiger partial charge in [0.2, 0.25) is 5.91 Å². The maximum atomic E-state index is 13.2. The number of amides is 1. The van der Waals surface area contributed by atoms with Crippen molar-refractivity contribution in [3.8, 4) is 0 Å². The molecule has 0 spiro atoms. The lowest BCUT2D eigenvalue weighted by molar-refractivity contribution is -0.133. The molecular weight excluding hydrogens is 295 g/mol. The van der Waals surface area contributed by atoms with Crippen LogP contribution in [0.5, 0.6) is 0 Å². The molecule has 5 nitrogen and oxygen atoms in total. The molecule has 3 rings (SSSR count). The fourth-order valence-electron chi connectivity index (χ4n) is 2.84. The van der Waals surface area contributed by atoms with Crippen LogP contribution in [0.15, 0.2) is 36.5 Å². The number of aromatic nitrogens is 2. The van der Waals surface area contributed by atoms with E-state index in [9.17, 15) is 9.18 Å². The lowest BCUT2D eigenvalue weighted by Crippen LogP contribution is -2.49. The average molecular weight is 316 g/mol. The van der Waals surface area contributed by atoms with Gasteiger partial charge in [-0.3, -0.25) is 14.4 Å². The number of rotatable bonds is 4.